The highest BCUT2D eigenvalue weighted by Gasteiger charge is 2.29. The Bertz CT molecular complexity index is 917. The van der Waals surface area contributed by atoms with Gasteiger partial charge in [0.2, 0.25) is 0 Å². The SMILES string of the molecule is CC1=C2N=c3ccccc3=C2C(=O)N=C1c1c[nH]cn1. The summed E-state index contributed by atoms with van der Waals surface area (Å²) < 4.78 is 0. The minimum atomic E-state index is -0.252. The zero-order valence-corrected chi connectivity index (χ0v) is 10.7. The molecule has 0 spiro atoms. The molecule has 5 nitrogen and oxygen atoms in total. The van der Waals surface area contributed by atoms with Gasteiger partial charge in [0.25, 0.3) is 5.91 Å². The highest BCUT2D eigenvalue weighted by Crippen LogP contribution is 2.27. The number of carbonyl (C=O) groups excluding carboxylic acids is 1. The molecule has 1 aromatic carbocycles. The number of para-hydroxylation sites is 1. The lowest BCUT2D eigenvalue weighted by Crippen LogP contribution is -2.25. The molecule has 3 heterocycles. The lowest BCUT2D eigenvalue weighted by Gasteiger charge is -2.13. The fourth-order valence-corrected chi connectivity index (χ4v) is 2.57. The van der Waals surface area contributed by atoms with Crippen molar-refractivity contribution in [3.05, 3.63) is 64.3 Å². The molecule has 1 N–H and O–H groups in total. The molecule has 4 rings (SSSR count). The van der Waals surface area contributed by atoms with Gasteiger partial charge in [-0.3, -0.25) is 4.79 Å². The summed E-state index contributed by atoms with van der Waals surface area (Å²) in [6.07, 6.45) is 3.29. The minimum absolute atomic E-state index is 0.252. The maximum atomic E-state index is 12.3. The highest BCUT2D eigenvalue weighted by molar-refractivity contribution is 6.31. The first-order chi connectivity index (χ1) is 9.75. The van der Waals surface area contributed by atoms with Crippen molar-refractivity contribution in [3.63, 3.8) is 0 Å². The van der Waals surface area contributed by atoms with Crippen LogP contribution >= 0.6 is 0 Å². The number of nitrogens with one attached hydrogen (secondary N) is 1. The first-order valence-corrected chi connectivity index (χ1v) is 6.27. The average Bonchev–Trinajstić information content (AvgIpc) is 3.09. The molecule has 1 amide bonds. The number of hydrogen-bond donors (Lipinski definition) is 1. The summed E-state index contributed by atoms with van der Waals surface area (Å²) in [6.45, 7) is 1.92. The van der Waals surface area contributed by atoms with Gasteiger partial charge in [0.15, 0.2) is 0 Å². The zero-order valence-electron chi connectivity index (χ0n) is 10.7. The van der Waals surface area contributed by atoms with Gasteiger partial charge in [0, 0.05) is 17.0 Å². The number of imidazole rings is 1. The molecular formula is C15H10N4O. The van der Waals surface area contributed by atoms with Gasteiger partial charge in [-0.2, -0.15) is 0 Å². The van der Waals surface area contributed by atoms with E-state index >= 15 is 0 Å². The molecule has 96 valence electrons. The molecule has 2 aliphatic rings. The number of rotatable bonds is 1. The Balaban J connectivity index is 2.04. The Morgan fingerprint density at radius 3 is 2.80 bits per heavy atom. The van der Waals surface area contributed by atoms with E-state index in [0.717, 1.165) is 16.1 Å². The molecule has 0 saturated heterocycles. The van der Waals surface area contributed by atoms with Gasteiger partial charge in [-0.05, 0) is 13.0 Å². The fraction of sp³-hybridized carbons (Fsp3) is 0.0667. The van der Waals surface area contributed by atoms with E-state index in [1.54, 1.807) is 12.5 Å². The first-order valence-electron chi connectivity index (χ1n) is 6.27. The fourth-order valence-electron chi connectivity index (χ4n) is 2.57. The highest BCUT2D eigenvalue weighted by atomic mass is 16.1. The number of hydrogen-bond acceptors (Lipinski definition) is 3. The standard InChI is InChI=1S/C15H10N4O/c1-8-13(11-6-16-7-17-11)19-15(20)12-9-4-2-3-5-10(9)18-14(8)12/h2-7H,1H3,(H,16,17). The Labute approximate surface area is 114 Å². The predicted octanol–water partition coefficient (Wildman–Crippen LogP) is 0.497. The molecule has 0 bridgehead atoms. The van der Waals surface area contributed by atoms with Crippen LogP contribution in [0.15, 0.2) is 58.0 Å². The molecule has 0 aliphatic carbocycles. The Hall–Kier alpha value is -2.82. The second-order valence-corrected chi connectivity index (χ2v) is 4.70. The summed E-state index contributed by atoms with van der Waals surface area (Å²) in [5, 5.41) is 1.68. The maximum Gasteiger partial charge on any atom is 0.280 e. The van der Waals surface area contributed by atoms with Crippen LogP contribution in [0.1, 0.15) is 12.6 Å². The molecule has 2 aromatic rings. The van der Waals surface area contributed by atoms with Crippen LogP contribution in [0.25, 0.3) is 5.57 Å². The molecule has 2 aliphatic heterocycles. The van der Waals surface area contributed by atoms with E-state index in [1.165, 1.54) is 0 Å². The largest absolute Gasteiger partial charge is 0.351 e. The van der Waals surface area contributed by atoms with Crippen LogP contribution in [0.5, 0.6) is 0 Å². The van der Waals surface area contributed by atoms with Crippen molar-refractivity contribution in [1.29, 1.82) is 0 Å². The lowest BCUT2D eigenvalue weighted by atomic mass is 9.98. The van der Waals surface area contributed by atoms with Gasteiger partial charge in [-0.15, -0.1) is 0 Å². The summed E-state index contributed by atoms with van der Waals surface area (Å²) in [5.74, 6) is -0.252. The number of amides is 1. The number of allylic oxidation sites excluding steroid dienone is 1. The topological polar surface area (TPSA) is 70.5 Å². The smallest absolute Gasteiger partial charge is 0.280 e. The molecule has 5 heteroatoms. The van der Waals surface area contributed by atoms with Crippen molar-refractivity contribution in [2.45, 2.75) is 6.92 Å². The van der Waals surface area contributed by atoms with E-state index in [-0.39, 0.29) is 5.91 Å². The van der Waals surface area contributed by atoms with Crippen molar-refractivity contribution >= 4 is 17.2 Å². The zero-order chi connectivity index (χ0) is 13.7. The number of aromatic amines is 1. The van der Waals surface area contributed by atoms with Crippen molar-refractivity contribution < 1.29 is 4.79 Å². The normalized spacial score (nSPS) is 16.8. The summed E-state index contributed by atoms with van der Waals surface area (Å²) in [4.78, 5) is 28.1. The van der Waals surface area contributed by atoms with Crippen molar-refractivity contribution in [3.8, 4) is 0 Å². The predicted molar refractivity (Wildman–Crippen MR) is 73.5 cm³/mol. The van der Waals surface area contributed by atoms with E-state index in [9.17, 15) is 4.79 Å². The molecule has 20 heavy (non-hydrogen) atoms. The number of dihydropyridines is 1. The van der Waals surface area contributed by atoms with Crippen molar-refractivity contribution in [2.75, 3.05) is 0 Å². The molecule has 0 radical (unpaired) electrons. The third-order valence-electron chi connectivity index (χ3n) is 3.52. The van der Waals surface area contributed by atoms with Gasteiger partial charge < -0.3 is 4.98 Å². The lowest BCUT2D eigenvalue weighted by molar-refractivity contribution is -0.112. The second-order valence-electron chi connectivity index (χ2n) is 4.70. The summed E-state index contributed by atoms with van der Waals surface area (Å²) in [6, 6.07) is 7.62. The van der Waals surface area contributed by atoms with Crippen molar-refractivity contribution in [1.82, 2.24) is 9.97 Å². The van der Waals surface area contributed by atoms with Gasteiger partial charge in [-0.1, -0.05) is 18.2 Å². The van der Waals surface area contributed by atoms with Gasteiger partial charge >= 0.3 is 0 Å². The third kappa shape index (κ3) is 1.37. The number of benzene rings is 1. The van der Waals surface area contributed by atoms with E-state index in [1.807, 2.05) is 31.2 Å². The molecule has 0 saturated carbocycles. The maximum absolute atomic E-state index is 12.3. The van der Waals surface area contributed by atoms with Crippen LogP contribution in [-0.2, 0) is 4.79 Å². The molecule has 0 atom stereocenters. The van der Waals surface area contributed by atoms with E-state index < -0.39 is 0 Å². The minimum Gasteiger partial charge on any atom is -0.351 e. The average molecular weight is 262 g/mol. The summed E-state index contributed by atoms with van der Waals surface area (Å²) in [7, 11) is 0. The molecule has 0 unspecified atom stereocenters. The van der Waals surface area contributed by atoms with E-state index in [2.05, 4.69) is 20.0 Å². The van der Waals surface area contributed by atoms with Crippen LogP contribution < -0.4 is 10.6 Å². The Morgan fingerprint density at radius 2 is 2.00 bits per heavy atom. The summed E-state index contributed by atoms with van der Waals surface area (Å²) >= 11 is 0. The molecule has 1 aromatic heterocycles. The van der Waals surface area contributed by atoms with Crippen LogP contribution in [0.2, 0.25) is 0 Å². The quantitative estimate of drug-likeness (QED) is 0.812. The number of nitrogens with zero attached hydrogens (tertiary/aromatic N) is 3. The monoisotopic (exact) mass is 262 g/mol. The van der Waals surface area contributed by atoms with Gasteiger partial charge in [-0.25, -0.2) is 15.0 Å². The van der Waals surface area contributed by atoms with E-state index in [4.69, 9.17) is 0 Å². The number of carbonyl (C=O) groups is 1. The Morgan fingerprint density at radius 1 is 1.15 bits per heavy atom. The second kappa shape index (κ2) is 3.84. The third-order valence-corrected chi connectivity index (χ3v) is 3.52. The first kappa shape index (κ1) is 11.0. The Kier molecular flexibility index (Phi) is 2.12. The molecule has 0 fully saturated rings. The van der Waals surface area contributed by atoms with Crippen LogP contribution in [-0.4, -0.2) is 21.6 Å². The summed E-state index contributed by atoms with van der Waals surface area (Å²) in [5.41, 5.74) is 3.43. The van der Waals surface area contributed by atoms with Gasteiger partial charge in [0.05, 0.1) is 28.7 Å². The number of aromatic nitrogens is 2. The van der Waals surface area contributed by atoms with Crippen molar-refractivity contribution in [2.24, 2.45) is 9.98 Å². The van der Waals surface area contributed by atoms with E-state index in [0.29, 0.717) is 22.7 Å². The molecular weight excluding hydrogens is 252 g/mol. The van der Waals surface area contributed by atoms with Gasteiger partial charge in [0.1, 0.15) is 5.69 Å². The number of fused-ring (bicyclic) bond motifs is 2. The van der Waals surface area contributed by atoms with Crippen LogP contribution in [0.4, 0.5) is 0 Å². The number of aliphatic imine (C=N–C) groups is 1. The number of H-pyrrole nitrogens is 1. The van der Waals surface area contributed by atoms with Crippen LogP contribution in [0.3, 0.4) is 0 Å². The van der Waals surface area contributed by atoms with Crippen LogP contribution in [0, 0.1) is 0 Å².